The Labute approximate surface area is 99.5 Å². The van der Waals surface area contributed by atoms with Crippen molar-refractivity contribution < 1.29 is 0 Å². The van der Waals surface area contributed by atoms with Crippen LogP contribution in [-0.4, -0.2) is 15.4 Å². The number of aromatic amines is 1. The van der Waals surface area contributed by atoms with Crippen LogP contribution in [0.1, 0.15) is 17.0 Å². The number of hydrogen-bond acceptors (Lipinski definition) is 2. The maximum Gasteiger partial charge on any atom is 0.0897 e. The number of aromatic nitrogens is 3. The molecule has 3 aromatic rings. The summed E-state index contributed by atoms with van der Waals surface area (Å²) in [6, 6.07) is 14.9. The molecule has 84 valence electrons. The molecule has 0 radical (unpaired) electrons. The summed E-state index contributed by atoms with van der Waals surface area (Å²) in [5, 5.41) is 13.4. The average Bonchev–Trinajstić information content (AvgIpc) is 2.75. The zero-order valence-electron chi connectivity index (χ0n) is 9.64. The summed E-state index contributed by atoms with van der Waals surface area (Å²) in [7, 11) is 0. The molecule has 1 heterocycles. The lowest BCUT2D eigenvalue weighted by Gasteiger charge is -2.02. The summed E-state index contributed by atoms with van der Waals surface area (Å²) >= 11 is 0. The van der Waals surface area contributed by atoms with Crippen molar-refractivity contribution in [2.45, 2.75) is 13.3 Å². The number of fused-ring (bicyclic) bond motifs is 1. The van der Waals surface area contributed by atoms with Gasteiger partial charge in [-0.2, -0.15) is 15.4 Å². The van der Waals surface area contributed by atoms with E-state index >= 15 is 0 Å². The Bertz CT molecular complexity index is 655. The van der Waals surface area contributed by atoms with E-state index < -0.39 is 0 Å². The van der Waals surface area contributed by atoms with Crippen LogP contribution < -0.4 is 0 Å². The molecule has 1 aromatic heterocycles. The van der Waals surface area contributed by atoms with E-state index in [9.17, 15) is 0 Å². The summed E-state index contributed by atoms with van der Waals surface area (Å²) < 4.78 is 0. The number of nitrogens with zero attached hydrogens (tertiary/aromatic N) is 2. The highest BCUT2D eigenvalue weighted by molar-refractivity contribution is 5.83. The number of hydrogen-bond donors (Lipinski definition) is 1. The zero-order chi connectivity index (χ0) is 11.7. The molecule has 0 atom stereocenters. The van der Waals surface area contributed by atoms with Gasteiger partial charge in [0.2, 0.25) is 0 Å². The van der Waals surface area contributed by atoms with E-state index in [-0.39, 0.29) is 0 Å². The van der Waals surface area contributed by atoms with Crippen LogP contribution >= 0.6 is 0 Å². The molecule has 0 saturated heterocycles. The first kappa shape index (κ1) is 10.0. The lowest BCUT2D eigenvalue weighted by atomic mass is 10.0. The molecule has 0 fully saturated rings. The lowest BCUT2D eigenvalue weighted by molar-refractivity contribution is 0.912. The Hall–Kier alpha value is -2.16. The topological polar surface area (TPSA) is 41.6 Å². The summed E-state index contributed by atoms with van der Waals surface area (Å²) in [4.78, 5) is 0. The number of benzene rings is 2. The second kappa shape index (κ2) is 4.01. The molecule has 0 bridgehead atoms. The van der Waals surface area contributed by atoms with Gasteiger partial charge in [0, 0.05) is 6.42 Å². The third-order valence-corrected chi connectivity index (χ3v) is 3.01. The number of nitrogens with one attached hydrogen (secondary N) is 1. The largest absolute Gasteiger partial charge is 0.197 e. The predicted octanol–water partition coefficient (Wildman–Crippen LogP) is 2.86. The van der Waals surface area contributed by atoms with E-state index in [1.54, 1.807) is 0 Å². The van der Waals surface area contributed by atoms with E-state index in [4.69, 9.17) is 0 Å². The van der Waals surface area contributed by atoms with Gasteiger partial charge in [-0.05, 0) is 23.3 Å². The zero-order valence-corrected chi connectivity index (χ0v) is 9.64. The van der Waals surface area contributed by atoms with Gasteiger partial charge in [-0.25, -0.2) is 0 Å². The third-order valence-electron chi connectivity index (χ3n) is 3.01. The normalized spacial score (nSPS) is 10.9. The van der Waals surface area contributed by atoms with Crippen LogP contribution in [0.4, 0.5) is 0 Å². The van der Waals surface area contributed by atoms with Crippen molar-refractivity contribution in [2.24, 2.45) is 0 Å². The molecule has 0 aliphatic rings. The van der Waals surface area contributed by atoms with E-state index in [1.165, 1.54) is 16.3 Å². The summed E-state index contributed by atoms with van der Waals surface area (Å²) in [6.45, 7) is 1.97. The molecular weight excluding hydrogens is 210 g/mol. The van der Waals surface area contributed by atoms with Gasteiger partial charge >= 0.3 is 0 Å². The molecule has 2 aromatic carbocycles. The Morgan fingerprint density at radius 1 is 1.00 bits per heavy atom. The monoisotopic (exact) mass is 223 g/mol. The summed E-state index contributed by atoms with van der Waals surface area (Å²) in [5.41, 5.74) is 3.25. The van der Waals surface area contributed by atoms with Gasteiger partial charge in [0.15, 0.2) is 0 Å². The van der Waals surface area contributed by atoms with Crippen molar-refractivity contribution in [3.8, 4) is 0 Å². The van der Waals surface area contributed by atoms with Gasteiger partial charge in [-0.3, -0.25) is 0 Å². The van der Waals surface area contributed by atoms with Crippen molar-refractivity contribution in [3.63, 3.8) is 0 Å². The SMILES string of the molecule is Cc1n[nH]nc1Cc1ccc2ccccc2c1. The van der Waals surface area contributed by atoms with Crippen molar-refractivity contribution in [1.29, 1.82) is 0 Å². The molecule has 0 aliphatic carbocycles. The Balaban J connectivity index is 1.99. The Morgan fingerprint density at radius 2 is 1.82 bits per heavy atom. The van der Waals surface area contributed by atoms with Gasteiger partial charge < -0.3 is 0 Å². The van der Waals surface area contributed by atoms with Gasteiger partial charge in [0.05, 0.1) is 11.4 Å². The van der Waals surface area contributed by atoms with Crippen LogP contribution in [0.2, 0.25) is 0 Å². The molecular formula is C14H13N3. The van der Waals surface area contributed by atoms with E-state index in [0.717, 1.165) is 17.8 Å². The summed E-state index contributed by atoms with van der Waals surface area (Å²) in [6.07, 6.45) is 0.827. The van der Waals surface area contributed by atoms with E-state index in [1.807, 2.05) is 6.92 Å². The Kier molecular flexibility index (Phi) is 2.37. The minimum atomic E-state index is 0.827. The molecule has 3 nitrogen and oxygen atoms in total. The number of aryl methyl sites for hydroxylation is 1. The number of rotatable bonds is 2. The average molecular weight is 223 g/mol. The highest BCUT2D eigenvalue weighted by Crippen LogP contribution is 2.17. The smallest absolute Gasteiger partial charge is 0.0897 e. The standard InChI is InChI=1S/C14H13N3/c1-10-14(16-17-15-10)9-11-6-7-12-4-2-3-5-13(12)8-11/h2-8H,9H2,1H3,(H,15,16,17). The van der Waals surface area contributed by atoms with Crippen LogP contribution in [0.5, 0.6) is 0 Å². The fourth-order valence-corrected chi connectivity index (χ4v) is 2.02. The molecule has 17 heavy (non-hydrogen) atoms. The second-order valence-electron chi connectivity index (χ2n) is 4.21. The molecule has 0 aliphatic heterocycles. The fraction of sp³-hybridized carbons (Fsp3) is 0.143. The van der Waals surface area contributed by atoms with Gasteiger partial charge in [0.1, 0.15) is 0 Å². The highest BCUT2D eigenvalue weighted by atomic mass is 15.3. The quantitative estimate of drug-likeness (QED) is 0.725. The molecule has 1 N–H and O–H groups in total. The van der Waals surface area contributed by atoms with Crippen LogP contribution in [-0.2, 0) is 6.42 Å². The van der Waals surface area contributed by atoms with Crippen molar-refractivity contribution >= 4 is 10.8 Å². The fourth-order valence-electron chi connectivity index (χ4n) is 2.02. The maximum absolute atomic E-state index is 4.16. The van der Waals surface area contributed by atoms with Crippen LogP contribution in [0.3, 0.4) is 0 Å². The van der Waals surface area contributed by atoms with Crippen LogP contribution in [0, 0.1) is 6.92 Å². The maximum atomic E-state index is 4.16. The van der Waals surface area contributed by atoms with Crippen molar-refractivity contribution in [1.82, 2.24) is 15.4 Å². The van der Waals surface area contributed by atoms with Crippen molar-refractivity contribution in [3.05, 3.63) is 59.4 Å². The second-order valence-corrected chi connectivity index (χ2v) is 4.21. The molecule has 0 saturated carbocycles. The van der Waals surface area contributed by atoms with Gasteiger partial charge in [0.25, 0.3) is 0 Å². The van der Waals surface area contributed by atoms with Gasteiger partial charge in [-0.1, -0.05) is 42.5 Å². The molecule has 3 heteroatoms. The first-order valence-electron chi connectivity index (χ1n) is 5.67. The minimum Gasteiger partial charge on any atom is -0.197 e. The predicted molar refractivity (Wildman–Crippen MR) is 67.9 cm³/mol. The lowest BCUT2D eigenvalue weighted by Crippen LogP contribution is -1.91. The van der Waals surface area contributed by atoms with Gasteiger partial charge in [-0.15, -0.1) is 0 Å². The summed E-state index contributed by atoms with van der Waals surface area (Å²) in [5.74, 6) is 0. The van der Waals surface area contributed by atoms with Crippen LogP contribution in [0.25, 0.3) is 10.8 Å². The molecule has 0 spiro atoms. The molecule has 3 rings (SSSR count). The third kappa shape index (κ3) is 1.91. The Morgan fingerprint density at radius 3 is 2.59 bits per heavy atom. The highest BCUT2D eigenvalue weighted by Gasteiger charge is 2.04. The minimum absolute atomic E-state index is 0.827. The number of H-pyrrole nitrogens is 1. The first-order valence-corrected chi connectivity index (χ1v) is 5.67. The molecule has 0 amide bonds. The van der Waals surface area contributed by atoms with E-state index in [2.05, 4.69) is 57.9 Å². The first-order chi connectivity index (χ1) is 8.33. The molecule has 0 unspecified atom stereocenters. The van der Waals surface area contributed by atoms with Crippen molar-refractivity contribution in [2.75, 3.05) is 0 Å². The van der Waals surface area contributed by atoms with Crippen LogP contribution in [0.15, 0.2) is 42.5 Å². The van der Waals surface area contributed by atoms with E-state index in [0.29, 0.717) is 0 Å².